The van der Waals surface area contributed by atoms with Crippen molar-refractivity contribution in [1.82, 2.24) is 5.32 Å². The van der Waals surface area contributed by atoms with Crippen molar-refractivity contribution in [3.8, 4) is 0 Å². The molecular weight excluding hydrogens is 258 g/mol. The summed E-state index contributed by atoms with van der Waals surface area (Å²) in [6, 6.07) is 11.7. The monoisotopic (exact) mass is 291 g/mol. The zero-order valence-corrected chi connectivity index (χ0v) is 14.6. The number of nitrogens with one attached hydrogen (secondary N) is 1. The predicted molar refractivity (Wildman–Crippen MR) is 91.8 cm³/mol. The van der Waals surface area contributed by atoms with Crippen LogP contribution in [-0.4, -0.2) is 25.3 Å². The highest BCUT2D eigenvalue weighted by atomic mass is 16.5. The smallest absolute Gasteiger partial charge is 0.0622 e. The van der Waals surface area contributed by atoms with Gasteiger partial charge in [0.15, 0.2) is 0 Å². The van der Waals surface area contributed by atoms with Crippen molar-refractivity contribution < 1.29 is 4.74 Å². The van der Waals surface area contributed by atoms with E-state index in [0.29, 0.717) is 18.0 Å². The quantitative estimate of drug-likeness (QED) is 0.728. The molecule has 0 spiro atoms. The highest BCUT2D eigenvalue weighted by molar-refractivity contribution is 5.23. The molecule has 0 saturated carbocycles. The Morgan fingerprint density at radius 2 is 1.71 bits per heavy atom. The first-order valence-corrected chi connectivity index (χ1v) is 8.26. The molecule has 2 atom stereocenters. The molecule has 120 valence electrons. The van der Waals surface area contributed by atoms with Crippen LogP contribution >= 0.6 is 0 Å². The van der Waals surface area contributed by atoms with Crippen LogP contribution in [-0.2, 0) is 10.2 Å². The fourth-order valence-corrected chi connectivity index (χ4v) is 2.87. The number of hydrogen-bond donors (Lipinski definition) is 1. The Balaban J connectivity index is 2.60. The average molecular weight is 291 g/mol. The van der Waals surface area contributed by atoms with Gasteiger partial charge in [0, 0.05) is 18.7 Å². The summed E-state index contributed by atoms with van der Waals surface area (Å²) >= 11 is 0. The van der Waals surface area contributed by atoms with Crippen molar-refractivity contribution in [3.05, 3.63) is 35.9 Å². The van der Waals surface area contributed by atoms with Gasteiger partial charge in [-0.1, -0.05) is 58.0 Å². The van der Waals surface area contributed by atoms with E-state index in [2.05, 4.69) is 77.2 Å². The van der Waals surface area contributed by atoms with Crippen molar-refractivity contribution in [2.75, 3.05) is 13.2 Å². The Morgan fingerprint density at radius 1 is 1.10 bits per heavy atom. The molecule has 0 aliphatic heterocycles. The normalized spacial score (nSPS) is 15.2. The van der Waals surface area contributed by atoms with Crippen LogP contribution in [0.1, 0.15) is 53.5 Å². The molecule has 2 nitrogen and oxygen atoms in total. The summed E-state index contributed by atoms with van der Waals surface area (Å²) in [5.74, 6) is 0.582. The average Bonchev–Trinajstić information content (AvgIpc) is 2.43. The van der Waals surface area contributed by atoms with E-state index >= 15 is 0 Å². The van der Waals surface area contributed by atoms with Crippen molar-refractivity contribution in [3.63, 3.8) is 0 Å². The van der Waals surface area contributed by atoms with Gasteiger partial charge >= 0.3 is 0 Å². The molecule has 21 heavy (non-hydrogen) atoms. The maximum absolute atomic E-state index is 5.61. The molecular formula is C19H33NO. The summed E-state index contributed by atoms with van der Waals surface area (Å²) in [5, 5.41) is 3.75. The molecule has 2 unspecified atom stereocenters. The molecule has 0 aliphatic carbocycles. The van der Waals surface area contributed by atoms with Crippen LogP contribution in [0.15, 0.2) is 30.3 Å². The minimum Gasteiger partial charge on any atom is -0.380 e. The van der Waals surface area contributed by atoms with E-state index in [1.807, 2.05) is 0 Å². The highest BCUT2D eigenvalue weighted by Gasteiger charge is 2.25. The molecule has 2 heteroatoms. The Bertz CT molecular complexity index is 386. The lowest BCUT2D eigenvalue weighted by Crippen LogP contribution is -2.45. The lowest BCUT2D eigenvalue weighted by molar-refractivity contribution is 0.102. The van der Waals surface area contributed by atoms with Gasteiger partial charge in [-0.2, -0.15) is 0 Å². The summed E-state index contributed by atoms with van der Waals surface area (Å²) in [7, 11) is 0. The van der Waals surface area contributed by atoms with Gasteiger partial charge in [0.1, 0.15) is 0 Å². The fourth-order valence-electron chi connectivity index (χ4n) is 2.87. The molecule has 0 fully saturated rings. The van der Waals surface area contributed by atoms with Crippen molar-refractivity contribution in [2.24, 2.45) is 5.92 Å². The van der Waals surface area contributed by atoms with E-state index in [0.717, 1.165) is 19.6 Å². The number of ether oxygens (including phenoxy) is 1. The van der Waals surface area contributed by atoms with Crippen LogP contribution in [0.5, 0.6) is 0 Å². The maximum atomic E-state index is 5.61. The van der Waals surface area contributed by atoms with Crippen LogP contribution in [0.25, 0.3) is 0 Å². The molecule has 1 rings (SSSR count). The van der Waals surface area contributed by atoms with E-state index in [1.54, 1.807) is 0 Å². The first-order valence-electron chi connectivity index (χ1n) is 8.26. The van der Waals surface area contributed by atoms with Gasteiger partial charge in [-0.3, -0.25) is 0 Å². The molecule has 1 aromatic carbocycles. The Morgan fingerprint density at radius 3 is 2.24 bits per heavy atom. The second kappa shape index (κ2) is 8.55. The zero-order valence-electron chi connectivity index (χ0n) is 14.6. The second-order valence-corrected chi connectivity index (χ2v) is 7.03. The van der Waals surface area contributed by atoms with E-state index < -0.39 is 0 Å². The molecule has 0 aromatic heterocycles. The number of hydrogen-bond acceptors (Lipinski definition) is 2. The molecule has 1 N–H and O–H groups in total. The predicted octanol–water partition coefficient (Wildman–Crippen LogP) is 4.39. The second-order valence-electron chi connectivity index (χ2n) is 7.03. The molecule has 0 aliphatic rings. The molecule has 0 saturated heterocycles. The third-order valence-electron chi connectivity index (χ3n) is 4.18. The summed E-state index contributed by atoms with van der Waals surface area (Å²) in [4.78, 5) is 0. The summed E-state index contributed by atoms with van der Waals surface area (Å²) in [6.45, 7) is 15.1. The van der Waals surface area contributed by atoms with Crippen molar-refractivity contribution in [1.29, 1.82) is 0 Å². The minimum absolute atomic E-state index is 0.181. The molecule has 1 aromatic rings. The van der Waals surface area contributed by atoms with Crippen LogP contribution in [0.2, 0.25) is 0 Å². The molecule has 0 heterocycles. The van der Waals surface area contributed by atoms with Crippen molar-refractivity contribution in [2.45, 2.75) is 65.5 Å². The van der Waals surface area contributed by atoms with Crippen LogP contribution in [0, 0.1) is 5.92 Å². The SMILES string of the molecule is CCOCC(NC(C)CC(C)(C)c1ccccc1)C(C)C. The lowest BCUT2D eigenvalue weighted by Gasteiger charge is -2.32. The molecule has 0 amide bonds. The first kappa shape index (κ1) is 18.2. The van der Waals surface area contributed by atoms with Gasteiger partial charge in [-0.05, 0) is 37.2 Å². The largest absolute Gasteiger partial charge is 0.380 e. The lowest BCUT2D eigenvalue weighted by atomic mass is 9.79. The van der Waals surface area contributed by atoms with E-state index in [9.17, 15) is 0 Å². The van der Waals surface area contributed by atoms with E-state index in [1.165, 1.54) is 5.56 Å². The minimum atomic E-state index is 0.181. The van der Waals surface area contributed by atoms with Crippen LogP contribution in [0.4, 0.5) is 0 Å². The third kappa shape index (κ3) is 6.19. The standard InChI is InChI=1S/C19H33NO/c1-7-21-14-18(15(2)3)20-16(4)13-19(5,6)17-11-9-8-10-12-17/h8-12,15-16,18,20H,7,13-14H2,1-6H3. The van der Waals surface area contributed by atoms with E-state index in [-0.39, 0.29) is 5.41 Å². The highest BCUT2D eigenvalue weighted by Crippen LogP contribution is 2.28. The number of benzene rings is 1. The summed E-state index contributed by atoms with van der Waals surface area (Å²) in [6.07, 6.45) is 1.12. The fraction of sp³-hybridized carbons (Fsp3) is 0.684. The molecule has 0 radical (unpaired) electrons. The maximum Gasteiger partial charge on any atom is 0.0622 e. The van der Waals surface area contributed by atoms with Crippen molar-refractivity contribution >= 4 is 0 Å². The number of rotatable bonds is 9. The topological polar surface area (TPSA) is 21.3 Å². The van der Waals surface area contributed by atoms with Gasteiger partial charge in [-0.15, -0.1) is 0 Å². The van der Waals surface area contributed by atoms with Gasteiger partial charge in [0.05, 0.1) is 6.61 Å². The Hall–Kier alpha value is -0.860. The van der Waals surface area contributed by atoms with Gasteiger partial charge in [-0.25, -0.2) is 0 Å². The summed E-state index contributed by atoms with van der Waals surface area (Å²) < 4.78 is 5.61. The van der Waals surface area contributed by atoms with E-state index in [4.69, 9.17) is 4.74 Å². The Labute approximate surface area is 131 Å². The first-order chi connectivity index (χ1) is 9.86. The molecule has 0 bridgehead atoms. The van der Waals surface area contributed by atoms with Gasteiger partial charge < -0.3 is 10.1 Å². The van der Waals surface area contributed by atoms with Gasteiger partial charge in [0.25, 0.3) is 0 Å². The van der Waals surface area contributed by atoms with Gasteiger partial charge in [0.2, 0.25) is 0 Å². The third-order valence-corrected chi connectivity index (χ3v) is 4.18. The van der Waals surface area contributed by atoms with Crippen LogP contribution < -0.4 is 5.32 Å². The summed E-state index contributed by atoms with van der Waals surface area (Å²) in [5.41, 5.74) is 1.59. The zero-order chi connectivity index (χ0) is 15.9. The van der Waals surface area contributed by atoms with Crippen LogP contribution in [0.3, 0.4) is 0 Å². The Kier molecular flexibility index (Phi) is 7.41.